The maximum atomic E-state index is 12.2. The van der Waals surface area contributed by atoms with Crippen LogP contribution in [0.3, 0.4) is 0 Å². The first-order valence-electron chi connectivity index (χ1n) is 8.47. The summed E-state index contributed by atoms with van der Waals surface area (Å²) in [6.07, 6.45) is 1.72. The van der Waals surface area contributed by atoms with Crippen LogP contribution in [0.25, 0.3) is 0 Å². The molecule has 0 aromatic heterocycles. The van der Waals surface area contributed by atoms with Gasteiger partial charge in [0.15, 0.2) is 0 Å². The van der Waals surface area contributed by atoms with Gasteiger partial charge in [0.25, 0.3) is 0 Å². The summed E-state index contributed by atoms with van der Waals surface area (Å²) in [5, 5.41) is 5.41. The van der Waals surface area contributed by atoms with Crippen LogP contribution in [0.4, 0.5) is 19.3 Å². The number of aryl methyl sites for hydroxylation is 1. The molecule has 1 heterocycles. The van der Waals surface area contributed by atoms with Gasteiger partial charge >= 0.3 is 12.6 Å². The number of primary amides is 1. The molecule has 1 aromatic carbocycles. The summed E-state index contributed by atoms with van der Waals surface area (Å²) < 4.78 is 28.7. The second kappa shape index (κ2) is 9.33. The van der Waals surface area contributed by atoms with Crippen LogP contribution in [0.5, 0.6) is 5.75 Å². The predicted molar refractivity (Wildman–Crippen MR) is 93.2 cm³/mol. The Morgan fingerprint density at radius 3 is 2.85 bits per heavy atom. The molecule has 26 heavy (non-hydrogen) atoms. The van der Waals surface area contributed by atoms with E-state index in [4.69, 9.17) is 5.73 Å². The Morgan fingerprint density at radius 1 is 1.42 bits per heavy atom. The molecule has 0 spiro atoms. The quantitative estimate of drug-likeness (QED) is 0.683. The van der Waals surface area contributed by atoms with Crippen LogP contribution < -0.4 is 21.1 Å². The van der Waals surface area contributed by atoms with E-state index in [1.807, 2.05) is 0 Å². The number of hydrogen-bond acceptors (Lipinski definition) is 4. The molecule has 3 amide bonds. The van der Waals surface area contributed by atoms with Gasteiger partial charge in [-0.2, -0.15) is 8.78 Å². The minimum Gasteiger partial charge on any atom is -0.435 e. The lowest BCUT2D eigenvalue weighted by molar-refractivity contribution is -0.123. The average Bonchev–Trinajstić information content (AvgIpc) is 2.57. The number of benzene rings is 1. The van der Waals surface area contributed by atoms with Gasteiger partial charge in [-0.05, 0) is 50.1 Å². The molecule has 144 valence electrons. The first-order valence-corrected chi connectivity index (χ1v) is 8.47. The maximum Gasteiger partial charge on any atom is 0.387 e. The Hall–Kier alpha value is -2.42. The number of nitrogens with two attached hydrogens (primary N) is 1. The summed E-state index contributed by atoms with van der Waals surface area (Å²) in [6, 6.07) is 3.92. The van der Waals surface area contributed by atoms with Gasteiger partial charge in [0, 0.05) is 25.3 Å². The van der Waals surface area contributed by atoms with Gasteiger partial charge in [-0.3, -0.25) is 4.79 Å². The number of nitrogens with zero attached hydrogens (tertiary/aromatic N) is 1. The Kier molecular flexibility index (Phi) is 7.14. The third kappa shape index (κ3) is 6.14. The molecule has 2 rings (SSSR count). The fourth-order valence-corrected chi connectivity index (χ4v) is 2.94. The number of hydrogen-bond donors (Lipinski definition) is 3. The van der Waals surface area contributed by atoms with Crippen molar-refractivity contribution in [1.29, 1.82) is 0 Å². The number of piperidine rings is 1. The highest BCUT2D eigenvalue weighted by molar-refractivity contribution is 5.90. The third-order valence-electron chi connectivity index (χ3n) is 4.29. The van der Waals surface area contributed by atoms with Crippen LogP contribution in [0.15, 0.2) is 18.2 Å². The van der Waals surface area contributed by atoms with E-state index in [0.29, 0.717) is 30.9 Å². The van der Waals surface area contributed by atoms with Crippen molar-refractivity contribution >= 4 is 17.6 Å². The van der Waals surface area contributed by atoms with E-state index >= 15 is 0 Å². The number of alkyl halides is 2. The number of carbonyl (C=O) groups excluding carboxylic acids is 2. The molecule has 1 aliphatic heterocycles. The number of carbonyl (C=O) groups is 2. The monoisotopic (exact) mass is 370 g/mol. The number of ether oxygens (including phenoxy) is 1. The van der Waals surface area contributed by atoms with Gasteiger partial charge in [0.05, 0.1) is 5.92 Å². The molecule has 0 bridgehead atoms. The molecular formula is C17H24F2N4O3. The zero-order valence-corrected chi connectivity index (χ0v) is 14.6. The van der Waals surface area contributed by atoms with Gasteiger partial charge < -0.3 is 26.0 Å². The smallest absolute Gasteiger partial charge is 0.387 e. The number of rotatable bonds is 7. The lowest BCUT2D eigenvalue weighted by Gasteiger charge is -2.31. The molecule has 0 aliphatic carbocycles. The van der Waals surface area contributed by atoms with Crippen LogP contribution in [-0.2, 0) is 4.79 Å². The summed E-state index contributed by atoms with van der Waals surface area (Å²) >= 11 is 0. The summed E-state index contributed by atoms with van der Waals surface area (Å²) in [7, 11) is 0. The zero-order chi connectivity index (χ0) is 19.1. The first-order chi connectivity index (χ1) is 12.3. The van der Waals surface area contributed by atoms with E-state index in [2.05, 4.69) is 20.3 Å². The summed E-state index contributed by atoms with van der Waals surface area (Å²) in [4.78, 5) is 25.3. The molecule has 1 atom stereocenters. The molecule has 9 heteroatoms. The highest BCUT2D eigenvalue weighted by Crippen LogP contribution is 2.22. The summed E-state index contributed by atoms with van der Waals surface area (Å²) in [6.45, 7) is 1.33. The molecule has 0 radical (unpaired) electrons. The highest BCUT2D eigenvalue weighted by Gasteiger charge is 2.23. The third-order valence-corrected chi connectivity index (χ3v) is 4.29. The van der Waals surface area contributed by atoms with Gasteiger partial charge in [-0.25, -0.2) is 4.79 Å². The fourth-order valence-electron chi connectivity index (χ4n) is 2.94. The Balaban J connectivity index is 1.76. The second-order valence-electron chi connectivity index (χ2n) is 6.28. The number of halogens is 2. The zero-order valence-electron chi connectivity index (χ0n) is 14.6. The number of anilines is 1. The molecular weight excluding hydrogens is 346 g/mol. The highest BCUT2D eigenvalue weighted by atomic mass is 19.3. The first kappa shape index (κ1) is 19.9. The van der Waals surface area contributed by atoms with E-state index in [1.54, 1.807) is 6.92 Å². The number of amides is 3. The molecule has 0 unspecified atom stereocenters. The van der Waals surface area contributed by atoms with Gasteiger partial charge in [-0.15, -0.1) is 0 Å². The SMILES string of the molecule is Cc1cc(OC(F)F)ccc1NC(=O)NCCN1CCC[C@H](C(N)=O)C1. The van der Waals surface area contributed by atoms with E-state index in [1.165, 1.54) is 18.2 Å². The molecule has 1 aromatic rings. The normalized spacial score (nSPS) is 17.8. The Labute approximate surface area is 150 Å². The van der Waals surface area contributed by atoms with E-state index in [0.717, 1.165) is 19.4 Å². The van der Waals surface area contributed by atoms with Crippen molar-refractivity contribution in [3.05, 3.63) is 23.8 Å². The molecule has 7 nitrogen and oxygen atoms in total. The van der Waals surface area contributed by atoms with Crippen molar-refractivity contribution in [3.63, 3.8) is 0 Å². The van der Waals surface area contributed by atoms with Crippen molar-refractivity contribution < 1.29 is 23.1 Å². The maximum absolute atomic E-state index is 12.2. The molecule has 1 aliphatic rings. The lowest BCUT2D eigenvalue weighted by atomic mass is 9.97. The van der Waals surface area contributed by atoms with E-state index in [-0.39, 0.29) is 23.6 Å². The van der Waals surface area contributed by atoms with Crippen molar-refractivity contribution in [3.8, 4) is 5.75 Å². The van der Waals surface area contributed by atoms with E-state index < -0.39 is 6.61 Å². The van der Waals surface area contributed by atoms with Crippen molar-refractivity contribution in [2.45, 2.75) is 26.4 Å². The second-order valence-corrected chi connectivity index (χ2v) is 6.28. The Morgan fingerprint density at radius 2 is 2.19 bits per heavy atom. The van der Waals surface area contributed by atoms with Crippen LogP contribution in [-0.4, -0.2) is 49.6 Å². The minimum atomic E-state index is -2.89. The molecule has 1 fully saturated rings. The fraction of sp³-hybridized carbons (Fsp3) is 0.529. The molecule has 0 saturated carbocycles. The Bertz CT molecular complexity index is 642. The summed E-state index contributed by atoms with van der Waals surface area (Å²) in [5.74, 6) is -0.373. The van der Waals surface area contributed by atoms with Crippen molar-refractivity contribution in [2.75, 3.05) is 31.5 Å². The number of urea groups is 1. The van der Waals surface area contributed by atoms with E-state index in [9.17, 15) is 18.4 Å². The minimum absolute atomic E-state index is 0.0394. The lowest BCUT2D eigenvalue weighted by Crippen LogP contribution is -2.44. The van der Waals surface area contributed by atoms with Crippen molar-refractivity contribution in [1.82, 2.24) is 10.2 Å². The van der Waals surface area contributed by atoms with Crippen LogP contribution in [0.1, 0.15) is 18.4 Å². The van der Waals surface area contributed by atoms with Crippen LogP contribution >= 0.6 is 0 Å². The van der Waals surface area contributed by atoms with Gasteiger partial charge in [-0.1, -0.05) is 0 Å². The van der Waals surface area contributed by atoms with Gasteiger partial charge in [0.2, 0.25) is 5.91 Å². The average molecular weight is 370 g/mol. The van der Waals surface area contributed by atoms with Crippen LogP contribution in [0.2, 0.25) is 0 Å². The summed E-state index contributed by atoms with van der Waals surface area (Å²) in [5.41, 5.74) is 6.47. The predicted octanol–water partition coefficient (Wildman–Crippen LogP) is 1.92. The molecule has 1 saturated heterocycles. The van der Waals surface area contributed by atoms with Crippen LogP contribution in [0, 0.1) is 12.8 Å². The standard InChI is InChI=1S/C17H24F2N4O3/c1-11-9-13(26-16(18)19)4-5-14(11)22-17(25)21-6-8-23-7-2-3-12(10-23)15(20)24/h4-5,9,12,16H,2-3,6-8,10H2,1H3,(H2,20,24)(H2,21,22,25)/t12-/m0/s1. The largest absolute Gasteiger partial charge is 0.435 e. The van der Waals surface area contributed by atoms with Crippen molar-refractivity contribution in [2.24, 2.45) is 11.7 Å². The van der Waals surface area contributed by atoms with Gasteiger partial charge in [0.1, 0.15) is 5.75 Å². The topological polar surface area (TPSA) is 96.7 Å². The molecule has 4 N–H and O–H groups in total. The number of likely N-dealkylation sites (tertiary alicyclic amines) is 1. The number of nitrogens with one attached hydrogen (secondary N) is 2.